The second kappa shape index (κ2) is 11.4. The average Bonchev–Trinajstić information content (AvgIpc) is 2.88. The summed E-state index contributed by atoms with van der Waals surface area (Å²) in [6, 6.07) is 30.8. The number of ether oxygens (including phenoxy) is 1. The fraction of sp³-hybridized carbons (Fsp3) is 0.103. The summed E-state index contributed by atoms with van der Waals surface area (Å²) in [5.74, 6) is -2.16. The van der Waals surface area contributed by atoms with E-state index in [0.29, 0.717) is 0 Å². The predicted octanol–water partition coefficient (Wildman–Crippen LogP) is 5.94. The molecule has 0 aliphatic rings. The Morgan fingerprint density at radius 2 is 1.34 bits per heavy atom. The van der Waals surface area contributed by atoms with Crippen LogP contribution in [0, 0.1) is 5.82 Å². The molecule has 4 aromatic carbocycles. The molecule has 1 atom stereocenters. The molecule has 176 valence electrons. The second-order valence-electron chi connectivity index (χ2n) is 8.00. The van der Waals surface area contributed by atoms with Gasteiger partial charge in [0.25, 0.3) is 0 Å². The third-order valence-corrected chi connectivity index (χ3v) is 5.81. The third kappa shape index (κ3) is 6.34. The number of rotatable bonds is 8. The van der Waals surface area contributed by atoms with Crippen LogP contribution in [0.1, 0.15) is 22.6 Å². The van der Waals surface area contributed by atoms with E-state index in [4.69, 9.17) is 16.3 Å². The zero-order valence-electron chi connectivity index (χ0n) is 18.7. The minimum absolute atomic E-state index is 0.0939. The van der Waals surface area contributed by atoms with E-state index in [2.05, 4.69) is 5.32 Å². The molecule has 0 saturated heterocycles. The highest BCUT2D eigenvalue weighted by Crippen LogP contribution is 2.26. The molecule has 0 spiro atoms. The molecule has 0 heterocycles. The van der Waals surface area contributed by atoms with Gasteiger partial charge in [0.2, 0.25) is 5.91 Å². The van der Waals surface area contributed by atoms with Gasteiger partial charge in [-0.3, -0.25) is 4.79 Å². The van der Waals surface area contributed by atoms with Crippen molar-refractivity contribution in [3.8, 4) is 5.75 Å². The Kier molecular flexibility index (Phi) is 7.91. The van der Waals surface area contributed by atoms with Crippen molar-refractivity contribution >= 4 is 23.5 Å². The molecule has 0 saturated carbocycles. The van der Waals surface area contributed by atoms with Crippen molar-refractivity contribution in [1.29, 1.82) is 0 Å². The van der Waals surface area contributed by atoms with Crippen LogP contribution in [0.3, 0.4) is 0 Å². The molecule has 1 N–H and O–H groups in total. The molecular weight excluding hydrogens is 465 g/mol. The fourth-order valence-electron chi connectivity index (χ4n) is 3.81. The van der Waals surface area contributed by atoms with E-state index in [1.807, 2.05) is 91.0 Å². The standard InChI is InChI=1S/C29H23ClFNO3/c30-24-19-23(16-17-25(24)31)35-29(34)26(18-20-10-4-1-5-11-20)32-28(33)27(21-12-6-2-7-13-21)22-14-8-3-9-15-22/h1-17,19,26-27H,18H2,(H,32,33). The minimum atomic E-state index is -0.983. The Morgan fingerprint density at radius 3 is 1.89 bits per heavy atom. The largest absolute Gasteiger partial charge is 0.425 e. The average molecular weight is 488 g/mol. The number of esters is 1. The molecular formula is C29H23ClFNO3. The molecule has 4 nitrogen and oxygen atoms in total. The number of carbonyl (C=O) groups excluding carboxylic acids is 2. The summed E-state index contributed by atoms with van der Waals surface area (Å²) in [5, 5.41) is 2.73. The lowest BCUT2D eigenvalue weighted by molar-refractivity contribution is -0.139. The van der Waals surface area contributed by atoms with E-state index in [1.165, 1.54) is 12.1 Å². The van der Waals surface area contributed by atoms with Crippen LogP contribution in [0.25, 0.3) is 0 Å². The van der Waals surface area contributed by atoms with Crippen molar-refractivity contribution in [2.45, 2.75) is 18.4 Å². The van der Waals surface area contributed by atoms with Crippen molar-refractivity contribution in [1.82, 2.24) is 5.32 Å². The van der Waals surface area contributed by atoms with Crippen LogP contribution in [0.2, 0.25) is 5.02 Å². The number of nitrogens with one attached hydrogen (secondary N) is 1. The summed E-state index contributed by atoms with van der Waals surface area (Å²) in [6.07, 6.45) is 0.219. The topological polar surface area (TPSA) is 55.4 Å². The Hall–Kier alpha value is -3.96. The van der Waals surface area contributed by atoms with Crippen LogP contribution < -0.4 is 10.1 Å². The van der Waals surface area contributed by atoms with Crippen molar-refractivity contribution in [2.24, 2.45) is 0 Å². The molecule has 6 heteroatoms. The quantitative estimate of drug-likeness (QED) is 0.247. The van der Waals surface area contributed by atoms with Crippen LogP contribution in [0.5, 0.6) is 5.75 Å². The lowest BCUT2D eigenvalue weighted by Crippen LogP contribution is -2.46. The summed E-state index contributed by atoms with van der Waals surface area (Å²) in [6.45, 7) is 0. The zero-order valence-corrected chi connectivity index (χ0v) is 19.5. The Labute approximate surface area is 208 Å². The molecule has 4 aromatic rings. The highest BCUT2D eigenvalue weighted by atomic mass is 35.5. The molecule has 0 radical (unpaired) electrons. The highest BCUT2D eigenvalue weighted by molar-refractivity contribution is 6.30. The smallest absolute Gasteiger partial charge is 0.334 e. The maximum atomic E-state index is 13.6. The van der Waals surface area contributed by atoms with Crippen molar-refractivity contribution in [3.63, 3.8) is 0 Å². The van der Waals surface area contributed by atoms with Gasteiger partial charge in [-0.05, 0) is 28.8 Å². The van der Waals surface area contributed by atoms with Gasteiger partial charge in [0.1, 0.15) is 17.6 Å². The van der Waals surface area contributed by atoms with Gasteiger partial charge in [-0.2, -0.15) is 0 Å². The first kappa shape index (κ1) is 24.2. The van der Waals surface area contributed by atoms with E-state index in [-0.39, 0.29) is 23.1 Å². The molecule has 1 unspecified atom stereocenters. The van der Waals surface area contributed by atoms with Gasteiger partial charge in [-0.25, -0.2) is 9.18 Å². The van der Waals surface area contributed by atoms with Crippen molar-refractivity contribution < 1.29 is 18.7 Å². The summed E-state index contributed by atoms with van der Waals surface area (Å²) < 4.78 is 19.0. The number of carbonyl (C=O) groups is 2. The van der Waals surface area contributed by atoms with Crippen molar-refractivity contribution in [2.75, 3.05) is 0 Å². The number of benzene rings is 4. The minimum Gasteiger partial charge on any atom is -0.425 e. The van der Waals surface area contributed by atoms with E-state index < -0.39 is 23.7 Å². The first-order valence-electron chi connectivity index (χ1n) is 11.1. The summed E-state index contributed by atoms with van der Waals surface area (Å²) in [5.41, 5.74) is 2.45. The van der Waals surface area contributed by atoms with E-state index >= 15 is 0 Å². The van der Waals surface area contributed by atoms with E-state index in [0.717, 1.165) is 22.8 Å². The first-order valence-corrected chi connectivity index (χ1v) is 11.5. The van der Waals surface area contributed by atoms with Crippen molar-refractivity contribution in [3.05, 3.63) is 137 Å². The van der Waals surface area contributed by atoms with Crippen LogP contribution in [0.4, 0.5) is 4.39 Å². The van der Waals surface area contributed by atoms with Gasteiger partial charge in [-0.15, -0.1) is 0 Å². The predicted molar refractivity (Wildman–Crippen MR) is 134 cm³/mol. The normalized spacial score (nSPS) is 11.6. The van der Waals surface area contributed by atoms with Gasteiger partial charge in [0.15, 0.2) is 0 Å². The Morgan fingerprint density at radius 1 is 0.800 bits per heavy atom. The third-order valence-electron chi connectivity index (χ3n) is 5.52. The van der Waals surface area contributed by atoms with Gasteiger partial charge in [-0.1, -0.05) is 103 Å². The van der Waals surface area contributed by atoms with Gasteiger partial charge in [0, 0.05) is 12.5 Å². The molecule has 0 aliphatic carbocycles. The van der Waals surface area contributed by atoms with Crippen LogP contribution >= 0.6 is 11.6 Å². The molecule has 35 heavy (non-hydrogen) atoms. The first-order chi connectivity index (χ1) is 17.0. The highest BCUT2D eigenvalue weighted by Gasteiger charge is 2.29. The molecule has 0 aromatic heterocycles. The molecule has 0 aliphatic heterocycles. The van der Waals surface area contributed by atoms with Crippen LogP contribution in [0.15, 0.2) is 109 Å². The van der Waals surface area contributed by atoms with Gasteiger partial charge < -0.3 is 10.1 Å². The molecule has 1 amide bonds. The number of hydrogen-bond donors (Lipinski definition) is 1. The zero-order chi connectivity index (χ0) is 24.6. The van der Waals surface area contributed by atoms with Crippen LogP contribution in [-0.4, -0.2) is 17.9 Å². The number of amides is 1. The second-order valence-corrected chi connectivity index (χ2v) is 8.41. The molecule has 0 bridgehead atoms. The summed E-state index contributed by atoms with van der Waals surface area (Å²) >= 11 is 5.83. The van der Waals surface area contributed by atoms with E-state index in [1.54, 1.807) is 0 Å². The molecule has 0 fully saturated rings. The number of hydrogen-bond acceptors (Lipinski definition) is 3. The lowest BCUT2D eigenvalue weighted by atomic mass is 9.90. The molecule has 4 rings (SSSR count). The van der Waals surface area contributed by atoms with Gasteiger partial charge in [0.05, 0.1) is 10.9 Å². The fourth-order valence-corrected chi connectivity index (χ4v) is 3.98. The summed E-state index contributed by atoms with van der Waals surface area (Å²) in [4.78, 5) is 26.8. The maximum Gasteiger partial charge on any atom is 0.334 e. The lowest BCUT2D eigenvalue weighted by Gasteiger charge is -2.23. The van der Waals surface area contributed by atoms with Gasteiger partial charge >= 0.3 is 5.97 Å². The Bertz CT molecular complexity index is 1240. The van der Waals surface area contributed by atoms with Crippen LogP contribution in [-0.2, 0) is 16.0 Å². The monoisotopic (exact) mass is 487 g/mol. The SMILES string of the molecule is O=C(Oc1ccc(F)c(Cl)c1)C(Cc1ccccc1)NC(=O)C(c1ccccc1)c1ccccc1. The Balaban J connectivity index is 1.62. The summed E-state index contributed by atoms with van der Waals surface area (Å²) in [7, 11) is 0. The number of halogens is 2. The van der Waals surface area contributed by atoms with E-state index in [9.17, 15) is 14.0 Å². The maximum absolute atomic E-state index is 13.6.